The quantitative estimate of drug-likeness (QED) is 0.797. The van der Waals surface area contributed by atoms with Crippen molar-refractivity contribution in [3.8, 4) is 0 Å². The number of hydrogen-bond acceptors (Lipinski definition) is 4. The lowest BCUT2D eigenvalue weighted by Gasteiger charge is -2.24. The van der Waals surface area contributed by atoms with E-state index < -0.39 is 10.0 Å². The van der Waals surface area contributed by atoms with Gasteiger partial charge >= 0.3 is 0 Å². The largest absolute Gasteiger partial charge is 0.384 e. The normalized spacial score (nSPS) is 20.0. The zero-order valence-corrected chi connectivity index (χ0v) is 14.8. The molecule has 1 aromatic carbocycles. The molecule has 128 valence electrons. The summed E-state index contributed by atoms with van der Waals surface area (Å²) in [6, 6.07) is 5.63. The van der Waals surface area contributed by atoms with E-state index in [4.69, 9.17) is 4.74 Å². The number of sulfonamides is 1. The molecule has 5 nitrogen and oxygen atoms in total. The Morgan fingerprint density at radius 2 is 1.96 bits per heavy atom. The molecule has 2 aliphatic heterocycles. The molecular formula is C17H26N2O3S. The summed E-state index contributed by atoms with van der Waals surface area (Å²) in [6.07, 6.45) is 2.91. The van der Waals surface area contributed by atoms with Gasteiger partial charge in [0.1, 0.15) is 0 Å². The highest BCUT2D eigenvalue weighted by atomic mass is 32.2. The van der Waals surface area contributed by atoms with Crippen LogP contribution in [0.1, 0.15) is 25.3 Å². The van der Waals surface area contributed by atoms with E-state index in [-0.39, 0.29) is 0 Å². The van der Waals surface area contributed by atoms with Crippen molar-refractivity contribution in [1.82, 2.24) is 4.31 Å². The van der Waals surface area contributed by atoms with E-state index in [0.29, 0.717) is 23.9 Å². The molecule has 1 atom stereocenters. The number of anilines is 1. The lowest BCUT2D eigenvalue weighted by Crippen LogP contribution is -2.29. The third-order valence-corrected chi connectivity index (χ3v) is 6.63. The molecule has 2 aliphatic rings. The second-order valence-electron chi connectivity index (χ2n) is 6.66. The zero-order valence-electron chi connectivity index (χ0n) is 14.0. The van der Waals surface area contributed by atoms with E-state index in [1.165, 1.54) is 5.56 Å². The maximum Gasteiger partial charge on any atom is 0.243 e. The van der Waals surface area contributed by atoms with Gasteiger partial charge in [-0.15, -0.1) is 0 Å². The smallest absolute Gasteiger partial charge is 0.243 e. The topological polar surface area (TPSA) is 49.9 Å². The first-order valence-electron chi connectivity index (χ1n) is 8.39. The molecule has 2 heterocycles. The summed E-state index contributed by atoms with van der Waals surface area (Å²) < 4.78 is 32.3. The predicted octanol–water partition coefficient (Wildman–Crippen LogP) is 2.12. The van der Waals surface area contributed by atoms with Gasteiger partial charge in [-0.05, 0) is 42.9 Å². The molecule has 0 radical (unpaired) electrons. The van der Waals surface area contributed by atoms with Crippen molar-refractivity contribution in [3.63, 3.8) is 0 Å². The molecule has 0 aliphatic carbocycles. The Kier molecular flexibility index (Phi) is 4.94. The Morgan fingerprint density at radius 1 is 1.22 bits per heavy atom. The minimum absolute atomic E-state index is 0.421. The van der Waals surface area contributed by atoms with Gasteiger partial charge in [0.05, 0.1) is 11.5 Å². The van der Waals surface area contributed by atoms with E-state index in [1.54, 1.807) is 17.5 Å². The van der Waals surface area contributed by atoms with Crippen LogP contribution < -0.4 is 4.90 Å². The van der Waals surface area contributed by atoms with Crippen LogP contribution in [0.15, 0.2) is 23.1 Å². The summed E-state index contributed by atoms with van der Waals surface area (Å²) in [7, 11) is -1.62. The fourth-order valence-corrected chi connectivity index (χ4v) is 5.10. The first kappa shape index (κ1) is 16.7. The standard InChI is InChI=1S/C17H26N2O3S/c1-14(13-22-2)12-18-10-7-15-5-6-16(11-17(15)18)23(20,21)19-8-3-4-9-19/h5-6,11,14H,3-4,7-10,12-13H2,1-2H3. The van der Waals surface area contributed by atoms with Gasteiger partial charge in [-0.3, -0.25) is 0 Å². The average molecular weight is 338 g/mol. The van der Waals surface area contributed by atoms with Crippen LogP contribution in [0.3, 0.4) is 0 Å². The first-order valence-corrected chi connectivity index (χ1v) is 9.83. The number of benzene rings is 1. The average Bonchev–Trinajstić information content (AvgIpc) is 3.17. The number of rotatable bonds is 6. The molecule has 1 fully saturated rings. The number of hydrogen-bond donors (Lipinski definition) is 0. The molecule has 3 rings (SSSR count). The molecule has 1 unspecified atom stereocenters. The number of methoxy groups -OCH3 is 1. The summed E-state index contributed by atoms with van der Waals surface area (Å²) >= 11 is 0. The summed E-state index contributed by atoms with van der Waals surface area (Å²) in [5.41, 5.74) is 2.32. The molecule has 23 heavy (non-hydrogen) atoms. The molecule has 0 spiro atoms. The van der Waals surface area contributed by atoms with Crippen LogP contribution in [0.5, 0.6) is 0 Å². The van der Waals surface area contributed by atoms with Crippen molar-refractivity contribution in [2.24, 2.45) is 5.92 Å². The van der Waals surface area contributed by atoms with Crippen molar-refractivity contribution >= 4 is 15.7 Å². The number of ether oxygens (including phenoxy) is 1. The summed E-state index contributed by atoms with van der Waals surface area (Å²) in [5, 5.41) is 0. The predicted molar refractivity (Wildman–Crippen MR) is 91.4 cm³/mol. The van der Waals surface area contributed by atoms with Crippen LogP contribution in [0.25, 0.3) is 0 Å². The van der Waals surface area contributed by atoms with Crippen LogP contribution in [0.2, 0.25) is 0 Å². The Morgan fingerprint density at radius 3 is 2.65 bits per heavy atom. The Labute approximate surface area is 139 Å². The second kappa shape index (κ2) is 6.79. The van der Waals surface area contributed by atoms with Crippen LogP contribution in [-0.2, 0) is 21.2 Å². The maximum atomic E-state index is 12.8. The lowest BCUT2D eigenvalue weighted by atomic mass is 10.1. The Bertz CT molecular complexity index is 654. The highest BCUT2D eigenvalue weighted by molar-refractivity contribution is 7.89. The third kappa shape index (κ3) is 3.39. The summed E-state index contributed by atoms with van der Waals surface area (Å²) in [4.78, 5) is 2.73. The van der Waals surface area contributed by atoms with Gasteiger partial charge < -0.3 is 9.64 Å². The summed E-state index contributed by atoms with van der Waals surface area (Å²) in [6.45, 7) is 6.02. The number of nitrogens with zero attached hydrogens (tertiary/aromatic N) is 2. The van der Waals surface area contributed by atoms with E-state index in [1.807, 2.05) is 12.1 Å². The van der Waals surface area contributed by atoms with E-state index in [0.717, 1.165) is 44.6 Å². The van der Waals surface area contributed by atoms with Gasteiger partial charge in [-0.2, -0.15) is 4.31 Å². The molecule has 0 N–H and O–H groups in total. The molecular weight excluding hydrogens is 312 g/mol. The van der Waals surface area contributed by atoms with E-state index in [2.05, 4.69) is 11.8 Å². The molecule has 0 bridgehead atoms. The van der Waals surface area contributed by atoms with Gasteiger partial charge in [0.25, 0.3) is 0 Å². The highest BCUT2D eigenvalue weighted by Crippen LogP contribution is 2.32. The third-order valence-electron chi connectivity index (χ3n) is 4.73. The van der Waals surface area contributed by atoms with Crippen molar-refractivity contribution in [2.45, 2.75) is 31.1 Å². The number of fused-ring (bicyclic) bond motifs is 1. The van der Waals surface area contributed by atoms with Gasteiger partial charge in [0, 0.05) is 39.0 Å². The van der Waals surface area contributed by atoms with Crippen LogP contribution in [-0.4, -0.2) is 52.6 Å². The van der Waals surface area contributed by atoms with Crippen molar-refractivity contribution in [1.29, 1.82) is 0 Å². The summed E-state index contributed by atoms with van der Waals surface area (Å²) in [5.74, 6) is 0.421. The van der Waals surface area contributed by atoms with Gasteiger partial charge in [-0.1, -0.05) is 13.0 Å². The van der Waals surface area contributed by atoms with Crippen LogP contribution in [0, 0.1) is 5.92 Å². The molecule has 1 aromatic rings. The van der Waals surface area contributed by atoms with Crippen molar-refractivity contribution in [2.75, 3.05) is 44.8 Å². The SMILES string of the molecule is COCC(C)CN1CCc2ccc(S(=O)(=O)N3CCCC3)cc21. The first-order chi connectivity index (χ1) is 11.0. The minimum atomic E-state index is -3.34. The van der Waals surface area contributed by atoms with E-state index >= 15 is 0 Å². The lowest BCUT2D eigenvalue weighted by molar-refractivity contribution is 0.162. The van der Waals surface area contributed by atoms with Gasteiger partial charge in [-0.25, -0.2) is 8.42 Å². The molecule has 0 saturated carbocycles. The van der Waals surface area contributed by atoms with E-state index in [9.17, 15) is 8.42 Å². The molecule has 0 amide bonds. The van der Waals surface area contributed by atoms with Crippen molar-refractivity contribution < 1.29 is 13.2 Å². The maximum absolute atomic E-state index is 12.8. The second-order valence-corrected chi connectivity index (χ2v) is 8.60. The zero-order chi connectivity index (χ0) is 16.4. The highest BCUT2D eigenvalue weighted by Gasteiger charge is 2.29. The fraction of sp³-hybridized carbons (Fsp3) is 0.647. The fourth-order valence-electron chi connectivity index (χ4n) is 3.57. The monoisotopic (exact) mass is 338 g/mol. The van der Waals surface area contributed by atoms with Crippen LogP contribution in [0.4, 0.5) is 5.69 Å². The Hall–Kier alpha value is -1.11. The van der Waals surface area contributed by atoms with Gasteiger partial charge in [0.15, 0.2) is 0 Å². The van der Waals surface area contributed by atoms with Crippen molar-refractivity contribution in [3.05, 3.63) is 23.8 Å². The molecule has 0 aromatic heterocycles. The minimum Gasteiger partial charge on any atom is -0.384 e. The van der Waals surface area contributed by atoms with Gasteiger partial charge in [0.2, 0.25) is 10.0 Å². The molecule has 1 saturated heterocycles. The Balaban J connectivity index is 1.83. The molecule has 6 heteroatoms. The van der Waals surface area contributed by atoms with Crippen LogP contribution >= 0.6 is 0 Å².